The average molecular weight is 338 g/mol. The van der Waals surface area contributed by atoms with Gasteiger partial charge >= 0.3 is 0 Å². The molecule has 2 fully saturated rings. The van der Waals surface area contributed by atoms with Crippen LogP contribution in [0, 0.1) is 5.41 Å². The minimum Gasteiger partial charge on any atom is -0.340 e. The van der Waals surface area contributed by atoms with Gasteiger partial charge in [-0.15, -0.1) is 0 Å². The van der Waals surface area contributed by atoms with Gasteiger partial charge in [-0.1, -0.05) is 5.16 Å². The van der Waals surface area contributed by atoms with Gasteiger partial charge in [-0.3, -0.25) is 9.69 Å². The van der Waals surface area contributed by atoms with Gasteiger partial charge in [0.15, 0.2) is 5.82 Å². The lowest BCUT2D eigenvalue weighted by Gasteiger charge is -2.41. The lowest BCUT2D eigenvalue weighted by atomic mass is 9.78. The largest absolute Gasteiger partial charge is 0.340 e. The number of carbonyl (C=O) groups excluding carboxylic acids is 1. The Kier molecular flexibility index (Phi) is 4.96. The maximum atomic E-state index is 12.9. The van der Waals surface area contributed by atoms with Crippen molar-refractivity contribution in [2.45, 2.75) is 51.4 Å². The fraction of sp³-hybridized carbons (Fsp3) is 0.812. The van der Waals surface area contributed by atoms with Crippen LogP contribution in [0.2, 0.25) is 0 Å². The topological polar surface area (TPSA) is 62.5 Å². The third kappa shape index (κ3) is 3.40. The Morgan fingerprint density at radius 3 is 2.91 bits per heavy atom. The molecule has 3 heterocycles. The number of hydrogen-bond acceptors (Lipinski definition) is 6. The molecule has 1 aromatic heterocycles. The lowest BCUT2D eigenvalue weighted by Crippen LogP contribution is -2.52. The molecular weight excluding hydrogens is 312 g/mol. The van der Waals surface area contributed by atoms with Crippen LogP contribution in [0.15, 0.2) is 4.52 Å². The number of piperidine rings is 1. The normalized spacial score (nSPS) is 25.9. The lowest BCUT2D eigenvalue weighted by molar-refractivity contribution is -0.147. The zero-order valence-corrected chi connectivity index (χ0v) is 15.1. The van der Waals surface area contributed by atoms with Crippen molar-refractivity contribution in [3.8, 4) is 0 Å². The van der Waals surface area contributed by atoms with Crippen LogP contribution in [0.25, 0.3) is 0 Å². The maximum Gasteiger partial charge on any atom is 0.240 e. The highest BCUT2D eigenvalue weighted by Crippen LogP contribution is 2.40. The van der Waals surface area contributed by atoms with Crippen LogP contribution in [0.1, 0.15) is 44.8 Å². The second kappa shape index (κ2) is 6.81. The van der Waals surface area contributed by atoms with E-state index in [4.69, 9.17) is 4.52 Å². The summed E-state index contributed by atoms with van der Waals surface area (Å²) in [6, 6.07) is 0.291. The predicted molar refractivity (Wildman–Crippen MR) is 89.9 cm³/mol. The summed E-state index contributed by atoms with van der Waals surface area (Å²) in [5.74, 6) is 2.53. The van der Waals surface area contributed by atoms with E-state index in [9.17, 15) is 4.79 Å². The number of amides is 1. The summed E-state index contributed by atoms with van der Waals surface area (Å²) >= 11 is 1.68. The van der Waals surface area contributed by atoms with Crippen LogP contribution in [-0.2, 0) is 17.1 Å². The molecule has 3 rings (SSSR count). The molecule has 0 aliphatic carbocycles. The number of hydrogen-bond donors (Lipinski definition) is 0. The number of likely N-dealkylation sites (tertiary alicyclic amines) is 2. The first-order valence-electron chi connectivity index (χ1n) is 8.38. The molecule has 7 heteroatoms. The van der Waals surface area contributed by atoms with E-state index < -0.39 is 0 Å². The van der Waals surface area contributed by atoms with Gasteiger partial charge in [-0.2, -0.15) is 16.7 Å². The van der Waals surface area contributed by atoms with E-state index in [0.29, 0.717) is 24.4 Å². The van der Waals surface area contributed by atoms with Crippen LogP contribution in [0.4, 0.5) is 0 Å². The summed E-state index contributed by atoms with van der Waals surface area (Å²) in [7, 11) is 0. The molecule has 1 aromatic rings. The molecule has 2 aliphatic rings. The van der Waals surface area contributed by atoms with E-state index in [1.165, 1.54) is 0 Å². The first kappa shape index (κ1) is 16.8. The van der Waals surface area contributed by atoms with Gasteiger partial charge in [0, 0.05) is 19.1 Å². The number of thioether (sulfide) groups is 1. The van der Waals surface area contributed by atoms with Crippen LogP contribution in [0.5, 0.6) is 0 Å². The van der Waals surface area contributed by atoms with Crippen molar-refractivity contribution in [1.82, 2.24) is 19.9 Å². The van der Waals surface area contributed by atoms with Crippen LogP contribution < -0.4 is 0 Å². The van der Waals surface area contributed by atoms with Crippen LogP contribution in [0.3, 0.4) is 0 Å². The third-order valence-corrected chi connectivity index (χ3v) is 5.51. The molecule has 0 unspecified atom stereocenters. The summed E-state index contributed by atoms with van der Waals surface area (Å²) < 4.78 is 5.33. The fourth-order valence-electron chi connectivity index (χ4n) is 3.80. The minimum atomic E-state index is -0.190. The van der Waals surface area contributed by atoms with Gasteiger partial charge in [0.05, 0.1) is 17.7 Å². The van der Waals surface area contributed by atoms with Crippen molar-refractivity contribution in [2.24, 2.45) is 5.41 Å². The van der Waals surface area contributed by atoms with Gasteiger partial charge in [0.2, 0.25) is 11.8 Å². The highest BCUT2D eigenvalue weighted by molar-refractivity contribution is 7.97. The van der Waals surface area contributed by atoms with Gasteiger partial charge in [0.1, 0.15) is 0 Å². The molecule has 0 aromatic carbocycles. The Bertz CT molecular complexity index is 562. The van der Waals surface area contributed by atoms with Crippen molar-refractivity contribution in [2.75, 3.05) is 25.9 Å². The summed E-state index contributed by atoms with van der Waals surface area (Å²) in [5.41, 5.74) is -0.190. The van der Waals surface area contributed by atoms with Crippen LogP contribution in [-0.4, -0.2) is 57.8 Å². The highest BCUT2D eigenvalue weighted by Gasteiger charge is 2.48. The number of aromatic nitrogens is 2. The van der Waals surface area contributed by atoms with Gasteiger partial charge < -0.3 is 9.42 Å². The molecule has 0 radical (unpaired) electrons. The zero-order chi connectivity index (χ0) is 16.4. The molecule has 1 amide bonds. The van der Waals surface area contributed by atoms with Crippen molar-refractivity contribution in [3.05, 3.63) is 11.7 Å². The molecule has 6 nitrogen and oxygen atoms in total. The second-order valence-corrected chi connectivity index (χ2v) is 7.84. The number of nitrogens with zero attached hydrogens (tertiary/aromatic N) is 4. The summed E-state index contributed by atoms with van der Waals surface area (Å²) in [4.78, 5) is 21.7. The average Bonchev–Trinajstić information content (AvgIpc) is 3.11. The summed E-state index contributed by atoms with van der Waals surface area (Å²) in [6.45, 7) is 7.51. The first-order valence-corrected chi connectivity index (χ1v) is 9.77. The third-order valence-electron chi connectivity index (χ3n) is 4.97. The Morgan fingerprint density at radius 2 is 2.17 bits per heavy atom. The van der Waals surface area contributed by atoms with Crippen molar-refractivity contribution >= 4 is 17.7 Å². The zero-order valence-electron chi connectivity index (χ0n) is 14.2. The van der Waals surface area contributed by atoms with E-state index >= 15 is 0 Å². The van der Waals surface area contributed by atoms with Crippen LogP contribution >= 0.6 is 11.8 Å². The molecule has 128 valence electrons. The Balaban J connectivity index is 1.64. The smallest absolute Gasteiger partial charge is 0.240 e. The van der Waals surface area contributed by atoms with E-state index in [1.54, 1.807) is 11.8 Å². The molecule has 1 spiro atoms. The monoisotopic (exact) mass is 338 g/mol. The van der Waals surface area contributed by atoms with Gasteiger partial charge in [-0.05, 0) is 45.9 Å². The highest BCUT2D eigenvalue weighted by atomic mass is 32.2. The second-order valence-electron chi connectivity index (χ2n) is 6.97. The molecule has 0 bridgehead atoms. The van der Waals surface area contributed by atoms with Crippen molar-refractivity contribution < 1.29 is 9.32 Å². The molecule has 1 atom stereocenters. The fourth-order valence-corrected chi connectivity index (χ4v) is 4.17. The molecule has 2 saturated heterocycles. The Morgan fingerprint density at radius 1 is 1.35 bits per heavy atom. The SMILES string of the molecule is CSCc1noc(CN2CC[C@]3(CCCN(C(C)C)C3=O)C2)n1. The number of rotatable bonds is 5. The maximum absolute atomic E-state index is 12.9. The summed E-state index contributed by atoms with van der Waals surface area (Å²) in [5, 5.41) is 3.99. The molecule has 0 saturated carbocycles. The Hall–Kier alpha value is -1.08. The first-order chi connectivity index (χ1) is 11.0. The van der Waals surface area contributed by atoms with Gasteiger partial charge in [0.25, 0.3) is 0 Å². The summed E-state index contributed by atoms with van der Waals surface area (Å²) in [6.07, 6.45) is 5.08. The van der Waals surface area contributed by atoms with E-state index in [2.05, 4.69) is 33.8 Å². The quantitative estimate of drug-likeness (QED) is 0.820. The number of carbonyl (C=O) groups is 1. The molecular formula is C16H26N4O2S. The van der Waals surface area contributed by atoms with E-state index in [0.717, 1.165) is 50.5 Å². The molecule has 2 aliphatic heterocycles. The van der Waals surface area contributed by atoms with Crippen molar-refractivity contribution in [3.63, 3.8) is 0 Å². The van der Waals surface area contributed by atoms with E-state index in [1.807, 2.05) is 6.26 Å². The van der Waals surface area contributed by atoms with E-state index in [-0.39, 0.29) is 5.41 Å². The van der Waals surface area contributed by atoms with Gasteiger partial charge in [-0.25, -0.2) is 0 Å². The standard InChI is InChI=1S/C16H26N4O2S/c1-12(2)20-7-4-5-16(15(20)21)6-8-19(11-16)9-14-17-13(10-23-3)18-22-14/h12H,4-11H2,1-3H3/t16-/m1/s1. The minimum absolute atomic E-state index is 0.190. The molecule has 23 heavy (non-hydrogen) atoms. The van der Waals surface area contributed by atoms with Crippen molar-refractivity contribution in [1.29, 1.82) is 0 Å². The predicted octanol–water partition coefficient (Wildman–Crippen LogP) is 2.16. The Labute approximate surface area is 142 Å². The molecule has 0 N–H and O–H groups in total.